The summed E-state index contributed by atoms with van der Waals surface area (Å²) < 4.78 is 11.3. The molecule has 26 heavy (non-hydrogen) atoms. The van der Waals surface area contributed by atoms with Crippen LogP contribution in [-0.4, -0.2) is 37.7 Å². The van der Waals surface area contributed by atoms with Crippen LogP contribution in [0, 0.1) is 5.41 Å². The molecule has 1 aliphatic carbocycles. The predicted octanol–water partition coefficient (Wildman–Crippen LogP) is 2.65. The molecule has 1 aromatic heterocycles. The molecule has 1 saturated carbocycles. The summed E-state index contributed by atoms with van der Waals surface area (Å²) in [4.78, 5) is 15.4. The fourth-order valence-electron chi connectivity index (χ4n) is 3.72. The van der Waals surface area contributed by atoms with E-state index in [0.717, 1.165) is 25.9 Å². The van der Waals surface area contributed by atoms with Crippen molar-refractivity contribution in [1.82, 2.24) is 10.6 Å². The van der Waals surface area contributed by atoms with Gasteiger partial charge in [-0.3, -0.25) is 9.79 Å². The van der Waals surface area contributed by atoms with Crippen molar-refractivity contribution in [2.45, 2.75) is 58.7 Å². The number of amides is 1. The van der Waals surface area contributed by atoms with Gasteiger partial charge in [0, 0.05) is 25.1 Å². The van der Waals surface area contributed by atoms with Gasteiger partial charge in [0.15, 0.2) is 11.7 Å². The highest BCUT2D eigenvalue weighted by molar-refractivity contribution is 14.0. The highest BCUT2D eigenvalue weighted by atomic mass is 127. The van der Waals surface area contributed by atoms with Crippen LogP contribution in [0.25, 0.3) is 0 Å². The number of guanidine groups is 1. The molecule has 8 heteroatoms. The molecule has 1 aromatic rings. The minimum atomic E-state index is -0.569. The molecule has 7 nitrogen and oxygen atoms in total. The second-order valence-corrected chi connectivity index (χ2v) is 6.37. The molecule has 0 bridgehead atoms. The predicted molar refractivity (Wildman–Crippen MR) is 113 cm³/mol. The van der Waals surface area contributed by atoms with E-state index < -0.39 is 5.91 Å². The highest BCUT2D eigenvalue weighted by Gasteiger charge is 2.53. The molecule has 4 N–H and O–H groups in total. The van der Waals surface area contributed by atoms with Crippen LogP contribution in [0.3, 0.4) is 0 Å². The van der Waals surface area contributed by atoms with Gasteiger partial charge in [0.05, 0.1) is 12.6 Å². The van der Waals surface area contributed by atoms with E-state index in [-0.39, 0.29) is 35.2 Å². The fraction of sp³-hybridized carbons (Fsp3) is 0.667. The number of nitrogens with two attached hydrogens (primary N) is 1. The maximum atomic E-state index is 11.1. The lowest BCUT2D eigenvalue weighted by Gasteiger charge is -2.55. The third-order valence-corrected chi connectivity index (χ3v) is 5.34. The maximum Gasteiger partial charge on any atom is 0.284 e. The molecule has 2 atom stereocenters. The molecule has 2 unspecified atom stereocenters. The van der Waals surface area contributed by atoms with Crippen molar-refractivity contribution in [2.24, 2.45) is 16.1 Å². The number of hydrogen-bond donors (Lipinski definition) is 3. The topological polar surface area (TPSA) is 102 Å². The van der Waals surface area contributed by atoms with E-state index in [9.17, 15) is 4.79 Å². The summed E-state index contributed by atoms with van der Waals surface area (Å²) in [6, 6.07) is 3.63. The summed E-state index contributed by atoms with van der Waals surface area (Å²) in [7, 11) is 1.74. The summed E-state index contributed by atoms with van der Waals surface area (Å²) in [6.07, 6.45) is 3.39. The molecule has 0 saturated heterocycles. The summed E-state index contributed by atoms with van der Waals surface area (Å²) in [6.45, 7) is 7.65. The quantitative estimate of drug-likeness (QED) is 0.303. The van der Waals surface area contributed by atoms with Crippen molar-refractivity contribution in [3.63, 3.8) is 0 Å². The summed E-state index contributed by atoms with van der Waals surface area (Å²) in [5, 5.41) is 6.73. The first-order valence-corrected chi connectivity index (χ1v) is 8.97. The number of nitrogens with one attached hydrogen (secondary N) is 2. The van der Waals surface area contributed by atoms with Crippen molar-refractivity contribution < 1.29 is 13.9 Å². The fourth-order valence-corrected chi connectivity index (χ4v) is 3.72. The Labute approximate surface area is 172 Å². The molecule has 0 aliphatic heterocycles. The smallest absolute Gasteiger partial charge is 0.284 e. The first kappa shape index (κ1) is 22.8. The second-order valence-electron chi connectivity index (χ2n) is 6.37. The third kappa shape index (κ3) is 4.70. The largest absolute Gasteiger partial charge is 0.454 e. The van der Waals surface area contributed by atoms with Gasteiger partial charge in [0.1, 0.15) is 5.76 Å². The summed E-state index contributed by atoms with van der Waals surface area (Å²) in [5.41, 5.74) is 5.33. The lowest BCUT2D eigenvalue weighted by atomic mass is 9.58. The minimum Gasteiger partial charge on any atom is -0.454 e. The van der Waals surface area contributed by atoms with E-state index in [4.69, 9.17) is 14.9 Å². The van der Waals surface area contributed by atoms with Crippen LogP contribution in [0.1, 0.15) is 56.3 Å². The first-order chi connectivity index (χ1) is 12.0. The van der Waals surface area contributed by atoms with Gasteiger partial charge in [0.25, 0.3) is 5.91 Å². The zero-order chi connectivity index (χ0) is 18.4. The average Bonchev–Trinajstić information content (AvgIpc) is 3.07. The van der Waals surface area contributed by atoms with Crippen molar-refractivity contribution in [3.8, 4) is 0 Å². The SMILES string of the molecule is CCOC1CC(NC(=NC)NCc2ccc(C(N)=O)o2)C1(CC)CC.I. The lowest BCUT2D eigenvalue weighted by Crippen LogP contribution is -2.65. The molecule has 1 fully saturated rings. The zero-order valence-electron chi connectivity index (χ0n) is 16.0. The van der Waals surface area contributed by atoms with Gasteiger partial charge in [-0.15, -0.1) is 24.0 Å². The summed E-state index contributed by atoms with van der Waals surface area (Å²) in [5.74, 6) is 0.938. The number of aliphatic imine (C=N–C) groups is 1. The normalized spacial score (nSPS) is 21.5. The maximum absolute atomic E-state index is 11.1. The number of carbonyl (C=O) groups excluding carboxylic acids is 1. The van der Waals surface area contributed by atoms with Gasteiger partial charge in [-0.1, -0.05) is 13.8 Å². The van der Waals surface area contributed by atoms with Gasteiger partial charge in [0.2, 0.25) is 0 Å². The molecule has 1 aliphatic rings. The Morgan fingerprint density at radius 1 is 1.38 bits per heavy atom. The number of furan rings is 1. The van der Waals surface area contributed by atoms with Crippen LogP contribution in [0.2, 0.25) is 0 Å². The van der Waals surface area contributed by atoms with E-state index in [2.05, 4.69) is 29.5 Å². The van der Waals surface area contributed by atoms with Crippen LogP contribution < -0.4 is 16.4 Å². The van der Waals surface area contributed by atoms with Crippen LogP contribution in [0.4, 0.5) is 0 Å². The second kappa shape index (κ2) is 10.1. The Hall–Kier alpha value is -1.29. The van der Waals surface area contributed by atoms with Gasteiger partial charge in [-0.2, -0.15) is 0 Å². The average molecular weight is 478 g/mol. The van der Waals surface area contributed by atoms with E-state index in [1.165, 1.54) is 0 Å². The van der Waals surface area contributed by atoms with Crippen LogP contribution in [0.15, 0.2) is 21.5 Å². The van der Waals surface area contributed by atoms with Crippen molar-refractivity contribution in [1.29, 1.82) is 0 Å². The molecular weight excluding hydrogens is 447 g/mol. The number of carbonyl (C=O) groups is 1. The molecule has 148 valence electrons. The molecular formula is C18H31IN4O3. The van der Waals surface area contributed by atoms with Crippen molar-refractivity contribution in [3.05, 3.63) is 23.7 Å². The zero-order valence-corrected chi connectivity index (χ0v) is 18.3. The minimum absolute atomic E-state index is 0. The van der Waals surface area contributed by atoms with Crippen LogP contribution in [0.5, 0.6) is 0 Å². The number of ether oxygens (including phenoxy) is 1. The number of rotatable bonds is 8. The molecule has 1 heterocycles. The van der Waals surface area contributed by atoms with Gasteiger partial charge >= 0.3 is 0 Å². The summed E-state index contributed by atoms with van der Waals surface area (Å²) >= 11 is 0. The standard InChI is InChI=1S/C18H30N4O3.HI/c1-5-18(6-2)14(10-15(18)24-7-3)22-17(20-4)21-11-12-8-9-13(25-12)16(19)23;/h8-9,14-15H,5-7,10-11H2,1-4H3,(H2,19,23)(H2,20,21,22);1H. The van der Waals surface area contributed by atoms with E-state index in [1.54, 1.807) is 19.2 Å². The van der Waals surface area contributed by atoms with E-state index in [1.807, 2.05) is 6.92 Å². The molecule has 1 amide bonds. The number of primary amides is 1. The van der Waals surface area contributed by atoms with E-state index in [0.29, 0.717) is 30.4 Å². The van der Waals surface area contributed by atoms with Crippen molar-refractivity contribution >= 4 is 35.8 Å². The Morgan fingerprint density at radius 2 is 2.08 bits per heavy atom. The number of hydrogen-bond acceptors (Lipinski definition) is 4. The Balaban J connectivity index is 0.00000338. The lowest BCUT2D eigenvalue weighted by molar-refractivity contribution is -0.133. The van der Waals surface area contributed by atoms with Crippen LogP contribution in [-0.2, 0) is 11.3 Å². The van der Waals surface area contributed by atoms with Crippen molar-refractivity contribution in [2.75, 3.05) is 13.7 Å². The molecule has 0 aromatic carbocycles. The van der Waals surface area contributed by atoms with Crippen LogP contribution >= 0.6 is 24.0 Å². The molecule has 0 radical (unpaired) electrons. The van der Waals surface area contributed by atoms with Gasteiger partial charge in [-0.05, 0) is 38.3 Å². The highest BCUT2D eigenvalue weighted by Crippen LogP contribution is 2.48. The Bertz CT molecular complexity index is 613. The number of nitrogens with zero attached hydrogens (tertiary/aromatic N) is 1. The third-order valence-electron chi connectivity index (χ3n) is 5.34. The number of halogens is 1. The molecule has 2 rings (SSSR count). The van der Waals surface area contributed by atoms with Gasteiger partial charge < -0.3 is 25.5 Å². The molecule has 0 spiro atoms. The Kier molecular flexibility index (Phi) is 8.88. The van der Waals surface area contributed by atoms with Gasteiger partial charge in [-0.25, -0.2) is 0 Å². The monoisotopic (exact) mass is 478 g/mol. The Morgan fingerprint density at radius 3 is 2.58 bits per heavy atom. The van der Waals surface area contributed by atoms with E-state index >= 15 is 0 Å². The first-order valence-electron chi connectivity index (χ1n) is 8.97.